The van der Waals surface area contributed by atoms with Gasteiger partial charge in [-0.1, -0.05) is 0 Å². The van der Waals surface area contributed by atoms with E-state index in [4.69, 9.17) is 11.6 Å². The molecule has 0 aromatic carbocycles. The van der Waals surface area contributed by atoms with Crippen LogP contribution in [0, 0.1) is 0 Å². The standard InChI is InChI=1S/C12H18ClN7/c1-19-4-6-20(7-5-19)3-2-14-10-9-11(16-8-15-9)18-12(13)17-10/h8H,2-7H2,1H3,(H2,14,15,16,17,18). The molecule has 20 heavy (non-hydrogen) atoms. The largest absolute Gasteiger partial charge is 0.367 e. The molecule has 108 valence electrons. The Morgan fingerprint density at radius 3 is 2.90 bits per heavy atom. The maximum Gasteiger partial charge on any atom is 0.226 e. The molecule has 3 rings (SSSR count). The van der Waals surface area contributed by atoms with Gasteiger partial charge in [-0.25, -0.2) is 4.98 Å². The summed E-state index contributed by atoms with van der Waals surface area (Å²) in [6.07, 6.45) is 1.60. The van der Waals surface area contributed by atoms with Gasteiger partial charge in [-0.3, -0.25) is 4.90 Å². The molecule has 0 bridgehead atoms. The highest BCUT2D eigenvalue weighted by Crippen LogP contribution is 2.18. The molecule has 0 atom stereocenters. The predicted octanol–water partition coefficient (Wildman–Crippen LogP) is 0.666. The molecule has 2 aromatic heterocycles. The van der Waals surface area contributed by atoms with E-state index in [1.54, 1.807) is 6.33 Å². The summed E-state index contributed by atoms with van der Waals surface area (Å²) in [6, 6.07) is 0. The van der Waals surface area contributed by atoms with Crippen LogP contribution in [0.5, 0.6) is 0 Å². The molecule has 1 saturated heterocycles. The van der Waals surface area contributed by atoms with Crippen molar-refractivity contribution in [2.75, 3.05) is 51.6 Å². The summed E-state index contributed by atoms with van der Waals surface area (Å²) in [5.41, 5.74) is 1.39. The van der Waals surface area contributed by atoms with Gasteiger partial charge in [0.1, 0.15) is 5.52 Å². The quantitative estimate of drug-likeness (QED) is 0.808. The second-order valence-electron chi connectivity index (χ2n) is 5.01. The van der Waals surface area contributed by atoms with Crippen LogP contribution in [0.4, 0.5) is 5.82 Å². The predicted molar refractivity (Wildman–Crippen MR) is 79.1 cm³/mol. The normalized spacial score (nSPS) is 17.7. The first-order valence-corrected chi connectivity index (χ1v) is 7.11. The Morgan fingerprint density at radius 2 is 2.10 bits per heavy atom. The van der Waals surface area contributed by atoms with E-state index in [2.05, 4.69) is 42.1 Å². The number of likely N-dealkylation sites (N-methyl/N-ethyl adjacent to an activating group) is 1. The van der Waals surface area contributed by atoms with E-state index in [9.17, 15) is 0 Å². The third-order valence-corrected chi connectivity index (χ3v) is 3.74. The minimum Gasteiger partial charge on any atom is -0.367 e. The number of hydrogen-bond acceptors (Lipinski definition) is 6. The zero-order chi connectivity index (χ0) is 13.9. The van der Waals surface area contributed by atoms with Gasteiger partial charge in [0.15, 0.2) is 11.5 Å². The van der Waals surface area contributed by atoms with Gasteiger partial charge < -0.3 is 15.2 Å². The first-order valence-electron chi connectivity index (χ1n) is 6.74. The molecule has 0 unspecified atom stereocenters. The molecular formula is C12H18ClN7. The van der Waals surface area contributed by atoms with Crippen LogP contribution in [0.1, 0.15) is 0 Å². The molecule has 1 aliphatic heterocycles. The maximum atomic E-state index is 5.89. The monoisotopic (exact) mass is 295 g/mol. The number of aromatic nitrogens is 4. The Hall–Kier alpha value is -1.44. The highest BCUT2D eigenvalue weighted by atomic mass is 35.5. The third kappa shape index (κ3) is 3.00. The van der Waals surface area contributed by atoms with Crippen LogP contribution in [0.25, 0.3) is 11.2 Å². The van der Waals surface area contributed by atoms with Gasteiger partial charge in [0.2, 0.25) is 5.28 Å². The first kappa shape index (κ1) is 13.5. The number of anilines is 1. The smallest absolute Gasteiger partial charge is 0.226 e. The van der Waals surface area contributed by atoms with Crippen LogP contribution in [-0.2, 0) is 0 Å². The number of nitrogens with one attached hydrogen (secondary N) is 2. The first-order chi connectivity index (χ1) is 9.72. The van der Waals surface area contributed by atoms with E-state index in [0.29, 0.717) is 11.5 Å². The van der Waals surface area contributed by atoms with Crippen molar-refractivity contribution in [3.8, 4) is 0 Å². The average Bonchev–Trinajstić information content (AvgIpc) is 2.89. The van der Waals surface area contributed by atoms with Crippen molar-refractivity contribution in [3.63, 3.8) is 0 Å². The molecule has 7 nitrogen and oxygen atoms in total. The Morgan fingerprint density at radius 1 is 1.30 bits per heavy atom. The number of piperazine rings is 1. The topological polar surface area (TPSA) is 73.0 Å². The van der Waals surface area contributed by atoms with Gasteiger partial charge in [0.25, 0.3) is 0 Å². The van der Waals surface area contributed by atoms with Crippen LogP contribution in [0.15, 0.2) is 6.33 Å². The highest BCUT2D eigenvalue weighted by Gasteiger charge is 2.13. The molecule has 3 heterocycles. The van der Waals surface area contributed by atoms with Gasteiger partial charge >= 0.3 is 0 Å². The minimum atomic E-state index is 0.215. The lowest BCUT2D eigenvalue weighted by molar-refractivity contribution is 0.158. The summed E-state index contributed by atoms with van der Waals surface area (Å²) < 4.78 is 0. The molecule has 2 N–H and O–H groups in total. The van der Waals surface area contributed by atoms with Gasteiger partial charge in [-0.15, -0.1) is 0 Å². The Labute approximate surface area is 122 Å². The fourth-order valence-corrected chi connectivity index (χ4v) is 2.50. The van der Waals surface area contributed by atoms with Crippen LogP contribution >= 0.6 is 11.6 Å². The molecule has 1 aliphatic rings. The number of imidazole rings is 1. The summed E-state index contributed by atoms with van der Waals surface area (Å²) in [5, 5.41) is 3.53. The van der Waals surface area contributed by atoms with Crippen molar-refractivity contribution in [3.05, 3.63) is 11.6 Å². The molecule has 8 heteroatoms. The molecule has 0 saturated carbocycles. The number of nitrogens with zero attached hydrogens (tertiary/aromatic N) is 5. The SMILES string of the molecule is CN1CCN(CCNc2nc(Cl)nc3nc[nH]c23)CC1. The number of halogens is 1. The zero-order valence-corrected chi connectivity index (χ0v) is 12.2. The van der Waals surface area contributed by atoms with E-state index in [1.165, 1.54) is 0 Å². The molecule has 0 amide bonds. The maximum absolute atomic E-state index is 5.89. The lowest BCUT2D eigenvalue weighted by Gasteiger charge is -2.32. The summed E-state index contributed by atoms with van der Waals surface area (Å²) in [6.45, 7) is 6.30. The van der Waals surface area contributed by atoms with Crippen molar-refractivity contribution in [2.45, 2.75) is 0 Å². The Balaban J connectivity index is 1.58. The highest BCUT2D eigenvalue weighted by molar-refractivity contribution is 6.28. The van der Waals surface area contributed by atoms with E-state index in [1.807, 2.05) is 0 Å². The van der Waals surface area contributed by atoms with Gasteiger partial charge in [-0.2, -0.15) is 9.97 Å². The molecular weight excluding hydrogens is 278 g/mol. The Bertz CT molecular complexity index is 576. The lowest BCUT2D eigenvalue weighted by Crippen LogP contribution is -2.45. The van der Waals surface area contributed by atoms with Crippen molar-refractivity contribution in [1.29, 1.82) is 0 Å². The van der Waals surface area contributed by atoms with Gasteiger partial charge in [0, 0.05) is 39.3 Å². The number of hydrogen-bond donors (Lipinski definition) is 2. The molecule has 2 aromatic rings. The summed E-state index contributed by atoms with van der Waals surface area (Å²) >= 11 is 5.89. The minimum absolute atomic E-state index is 0.215. The van der Waals surface area contributed by atoms with Crippen LogP contribution in [0.3, 0.4) is 0 Å². The summed E-state index contributed by atoms with van der Waals surface area (Å²) in [7, 11) is 2.16. The molecule has 0 spiro atoms. The summed E-state index contributed by atoms with van der Waals surface area (Å²) in [4.78, 5) is 20.2. The number of rotatable bonds is 4. The fraction of sp³-hybridized carbons (Fsp3) is 0.583. The summed E-state index contributed by atoms with van der Waals surface area (Å²) in [5.74, 6) is 0.714. The van der Waals surface area contributed by atoms with Crippen molar-refractivity contribution in [1.82, 2.24) is 29.7 Å². The van der Waals surface area contributed by atoms with Crippen LogP contribution < -0.4 is 5.32 Å². The Kier molecular flexibility index (Phi) is 4.00. The van der Waals surface area contributed by atoms with Gasteiger partial charge in [0.05, 0.1) is 6.33 Å². The second kappa shape index (κ2) is 5.90. The van der Waals surface area contributed by atoms with Crippen LogP contribution in [0.2, 0.25) is 5.28 Å². The lowest BCUT2D eigenvalue weighted by atomic mass is 10.3. The average molecular weight is 296 g/mol. The van der Waals surface area contributed by atoms with Gasteiger partial charge in [-0.05, 0) is 18.6 Å². The second-order valence-corrected chi connectivity index (χ2v) is 5.35. The van der Waals surface area contributed by atoms with Crippen molar-refractivity contribution in [2.24, 2.45) is 0 Å². The number of fused-ring (bicyclic) bond motifs is 1. The molecule has 0 aliphatic carbocycles. The van der Waals surface area contributed by atoms with E-state index < -0.39 is 0 Å². The van der Waals surface area contributed by atoms with Crippen molar-refractivity contribution < 1.29 is 0 Å². The van der Waals surface area contributed by atoms with E-state index in [0.717, 1.165) is 44.8 Å². The van der Waals surface area contributed by atoms with Crippen LogP contribution in [-0.4, -0.2) is 76.1 Å². The molecule has 0 radical (unpaired) electrons. The number of H-pyrrole nitrogens is 1. The third-order valence-electron chi connectivity index (χ3n) is 3.57. The zero-order valence-electron chi connectivity index (χ0n) is 11.4. The fourth-order valence-electron chi connectivity index (χ4n) is 2.34. The molecule has 1 fully saturated rings. The van der Waals surface area contributed by atoms with Crippen molar-refractivity contribution >= 4 is 28.6 Å². The number of aromatic amines is 1. The van der Waals surface area contributed by atoms with E-state index >= 15 is 0 Å². The van der Waals surface area contributed by atoms with E-state index in [-0.39, 0.29) is 5.28 Å².